The molecule has 0 aromatic heterocycles. The molecular formula is C20H30Cl3N3O2. The van der Waals surface area contributed by atoms with E-state index < -0.39 is 0 Å². The molecule has 0 radical (unpaired) electrons. The predicted molar refractivity (Wildman–Crippen MR) is 117 cm³/mol. The Morgan fingerprint density at radius 2 is 2.00 bits per heavy atom. The number of halogens is 3. The maximum Gasteiger partial charge on any atom is 0.223 e. The third-order valence-electron chi connectivity index (χ3n) is 6.30. The molecule has 158 valence electrons. The summed E-state index contributed by atoms with van der Waals surface area (Å²) in [6.07, 6.45) is 3.32. The van der Waals surface area contributed by atoms with E-state index in [2.05, 4.69) is 21.6 Å². The van der Waals surface area contributed by atoms with E-state index in [0.717, 1.165) is 69.2 Å². The zero-order valence-electron chi connectivity index (χ0n) is 16.0. The van der Waals surface area contributed by atoms with Crippen LogP contribution >= 0.6 is 36.4 Å². The smallest absolute Gasteiger partial charge is 0.223 e. The van der Waals surface area contributed by atoms with E-state index in [0.29, 0.717) is 6.54 Å². The fraction of sp³-hybridized carbons (Fsp3) is 0.650. The van der Waals surface area contributed by atoms with Gasteiger partial charge in [-0.1, -0.05) is 23.7 Å². The number of carbonyl (C=O) groups is 1. The second kappa shape index (κ2) is 10.5. The molecule has 2 N–H and O–H groups in total. The van der Waals surface area contributed by atoms with Crippen molar-refractivity contribution in [3.63, 3.8) is 0 Å². The first-order chi connectivity index (χ1) is 12.7. The van der Waals surface area contributed by atoms with Crippen LogP contribution in [0.4, 0.5) is 0 Å². The summed E-state index contributed by atoms with van der Waals surface area (Å²) in [6.45, 7) is 5.96. The lowest BCUT2D eigenvalue weighted by molar-refractivity contribution is -0.123. The molecule has 1 spiro atoms. The highest BCUT2D eigenvalue weighted by atomic mass is 35.5. The molecule has 2 heterocycles. The predicted octanol–water partition coefficient (Wildman–Crippen LogP) is 3.06. The van der Waals surface area contributed by atoms with Crippen LogP contribution in [0.5, 0.6) is 0 Å². The lowest BCUT2D eigenvalue weighted by Gasteiger charge is -2.35. The quantitative estimate of drug-likeness (QED) is 0.724. The van der Waals surface area contributed by atoms with E-state index >= 15 is 0 Å². The lowest BCUT2D eigenvalue weighted by atomic mass is 9.91. The fourth-order valence-electron chi connectivity index (χ4n) is 4.58. The van der Waals surface area contributed by atoms with Crippen LogP contribution in [0.2, 0.25) is 5.02 Å². The van der Waals surface area contributed by atoms with Crippen molar-refractivity contribution in [3.05, 3.63) is 34.9 Å². The highest BCUT2D eigenvalue weighted by Crippen LogP contribution is 2.58. The first kappa shape index (κ1) is 23.7. The number of hydrogen-bond acceptors (Lipinski definition) is 4. The molecule has 5 nitrogen and oxygen atoms in total. The molecule has 1 aliphatic carbocycles. The number of benzene rings is 1. The molecule has 3 aliphatic rings. The van der Waals surface area contributed by atoms with Gasteiger partial charge >= 0.3 is 0 Å². The Hall–Kier alpha value is -0.560. The molecule has 1 amide bonds. The number of ether oxygens (including phenoxy) is 1. The van der Waals surface area contributed by atoms with E-state index in [9.17, 15) is 4.79 Å². The minimum Gasteiger partial charge on any atom is -0.379 e. The molecule has 28 heavy (non-hydrogen) atoms. The number of carbonyl (C=O) groups excluding carboxylic acids is 1. The van der Waals surface area contributed by atoms with E-state index in [-0.39, 0.29) is 48.1 Å². The summed E-state index contributed by atoms with van der Waals surface area (Å²) < 4.78 is 5.50. The summed E-state index contributed by atoms with van der Waals surface area (Å²) in [5.41, 5.74) is 1.44. The van der Waals surface area contributed by atoms with E-state index in [1.165, 1.54) is 0 Å². The van der Waals surface area contributed by atoms with Gasteiger partial charge in [-0.15, -0.1) is 24.8 Å². The van der Waals surface area contributed by atoms with Crippen molar-refractivity contribution in [2.75, 3.05) is 45.9 Å². The second-order valence-electron chi connectivity index (χ2n) is 7.83. The Bertz CT molecular complexity index is 649. The summed E-state index contributed by atoms with van der Waals surface area (Å²) in [7, 11) is 0. The van der Waals surface area contributed by atoms with Crippen LogP contribution in [-0.4, -0.2) is 56.7 Å². The Morgan fingerprint density at radius 1 is 1.29 bits per heavy atom. The summed E-state index contributed by atoms with van der Waals surface area (Å²) in [4.78, 5) is 15.2. The average molecular weight is 451 g/mol. The zero-order valence-corrected chi connectivity index (χ0v) is 18.4. The van der Waals surface area contributed by atoms with Gasteiger partial charge in [-0.2, -0.15) is 0 Å². The number of hydrogen-bond donors (Lipinski definition) is 2. The minimum absolute atomic E-state index is 0. The van der Waals surface area contributed by atoms with Gasteiger partial charge in [0.05, 0.1) is 19.3 Å². The largest absolute Gasteiger partial charge is 0.379 e. The van der Waals surface area contributed by atoms with Crippen molar-refractivity contribution >= 4 is 42.3 Å². The number of nitrogens with one attached hydrogen (secondary N) is 2. The van der Waals surface area contributed by atoms with E-state index in [1.807, 2.05) is 18.2 Å². The second-order valence-corrected chi connectivity index (χ2v) is 8.27. The van der Waals surface area contributed by atoms with Gasteiger partial charge in [0.15, 0.2) is 0 Å². The normalized spacial score (nSPS) is 24.5. The SMILES string of the molecule is Cl.Cl.O=C(NCC(c1cccc(Cl)c1)N1CCOCC1)C1CC12CCNCC2. The van der Waals surface area contributed by atoms with Crippen molar-refractivity contribution in [1.82, 2.24) is 15.5 Å². The van der Waals surface area contributed by atoms with E-state index in [1.54, 1.807) is 0 Å². The van der Waals surface area contributed by atoms with Crippen molar-refractivity contribution in [2.45, 2.75) is 25.3 Å². The molecule has 2 unspecified atom stereocenters. The van der Waals surface area contributed by atoms with Crippen LogP contribution < -0.4 is 10.6 Å². The van der Waals surface area contributed by atoms with Crippen molar-refractivity contribution < 1.29 is 9.53 Å². The van der Waals surface area contributed by atoms with Crippen LogP contribution in [0.25, 0.3) is 0 Å². The number of morpholine rings is 1. The Labute approximate surface area is 184 Å². The first-order valence-corrected chi connectivity index (χ1v) is 10.1. The van der Waals surface area contributed by atoms with Gasteiger partial charge in [0.1, 0.15) is 0 Å². The molecule has 0 bridgehead atoms. The standard InChI is InChI=1S/C20H28ClN3O2.2ClH/c21-16-3-1-2-15(12-16)18(24-8-10-26-11-9-24)14-23-19(25)17-13-20(17)4-6-22-7-5-20;;/h1-3,12,17-18,22H,4-11,13-14H2,(H,23,25);2*1H. The molecule has 1 aromatic rings. The number of piperidine rings is 1. The maximum atomic E-state index is 12.8. The molecule has 2 saturated heterocycles. The van der Waals surface area contributed by atoms with Gasteiger partial charge in [-0.05, 0) is 55.5 Å². The first-order valence-electron chi connectivity index (χ1n) is 9.74. The number of amides is 1. The van der Waals surface area contributed by atoms with Gasteiger partial charge < -0.3 is 15.4 Å². The Morgan fingerprint density at radius 3 is 2.68 bits per heavy atom. The molecule has 2 atom stereocenters. The third-order valence-corrected chi connectivity index (χ3v) is 6.53. The Kier molecular flexibility index (Phi) is 8.86. The minimum atomic E-state index is 0. The van der Waals surface area contributed by atoms with Crippen LogP contribution in [-0.2, 0) is 9.53 Å². The molecule has 1 saturated carbocycles. The summed E-state index contributed by atoms with van der Waals surface area (Å²) >= 11 is 6.21. The molecular weight excluding hydrogens is 421 g/mol. The molecule has 2 aliphatic heterocycles. The molecule has 4 rings (SSSR count). The maximum absolute atomic E-state index is 12.8. The van der Waals surface area contributed by atoms with Gasteiger partial charge in [0.2, 0.25) is 5.91 Å². The van der Waals surface area contributed by atoms with Gasteiger partial charge in [0, 0.05) is 30.6 Å². The van der Waals surface area contributed by atoms with Crippen molar-refractivity contribution in [2.24, 2.45) is 11.3 Å². The fourth-order valence-corrected chi connectivity index (χ4v) is 4.78. The summed E-state index contributed by atoms with van der Waals surface area (Å²) in [6, 6.07) is 8.13. The molecule has 8 heteroatoms. The van der Waals surface area contributed by atoms with Crippen LogP contribution in [0.1, 0.15) is 30.9 Å². The third kappa shape index (κ3) is 5.32. The van der Waals surface area contributed by atoms with Gasteiger partial charge in [-0.3, -0.25) is 9.69 Å². The summed E-state index contributed by atoms with van der Waals surface area (Å²) in [5.74, 6) is 0.432. The Balaban J connectivity index is 0.00000140. The average Bonchev–Trinajstić information content (AvgIpc) is 3.36. The van der Waals surface area contributed by atoms with Crippen molar-refractivity contribution in [1.29, 1.82) is 0 Å². The van der Waals surface area contributed by atoms with Crippen molar-refractivity contribution in [3.8, 4) is 0 Å². The monoisotopic (exact) mass is 449 g/mol. The zero-order chi connectivity index (χ0) is 18.0. The topological polar surface area (TPSA) is 53.6 Å². The highest BCUT2D eigenvalue weighted by molar-refractivity contribution is 6.30. The molecule has 3 fully saturated rings. The van der Waals surface area contributed by atoms with Crippen LogP contribution in [0.3, 0.4) is 0 Å². The van der Waals surface area contributed by atoms with E-state index in [4.69, 9.17) is 16.3 Å². The molecule has 1 aromatic carbocycles. The van der Waals surface area contributed by atoms with Crippen LogP contribution in [0, 0.1) is 11.3 Å². The number of rotatable bonds is 5. The van der Waals surface area contributed by atoms with Gasteiger partial charge in [-0.25, -0.2) is 0 Å². The lowest BCUT2D eigenvalue weighted by Crippen LogP contribution is -2.44. The van der Waals surface area contributed by atoms with Gasteiger partial charge in [0.25, 0.3) is 0 Å². The van der Waals surface area contributed by atoms with Crippen LogP contribution in [0.15, 0.2) is 24.3 Å². The summed E-state index contributed by atoms with van der Waals surface area (Å²) in [5, 5.41) is 7.38. The number of nitrogens with zero attached hydrogens (tertiary/aromatic N) is 1. The highest BCUT2D eigenvalue weighted by Gasteiger charge is 2.57.